The number of ether oxygens (including phenoxy) is 2. The zero-order chi connectivity index (χ0) is 22.2. The van der Waals surface area contributed by atoms with E-state index in [9.17, 15) is 0 Å². The molecule has 2 unspecified atom stereocenters. The Hall–Kier alpha value is -2.20. The fourth-order valence-electron chi connectivity index (χ4n) is 4.02. The van der Waals surface area contributed by atoms with Gasteiger partial charge in [0.05, 0.1) is 25.9 Å². The summed E-state index contributed by atoms with van der Waals surface area (Å²) in [6.45, 7) is 2.63. The highest BCUT2D eigenvalue weighted by atomic mass is 127. The number of aliphatic imine (C=N–C) groups is 1. The Morgan fingerprint density at radius 1 is 1.16 bits per heavy atom. The number of hydrogen-bond acceptors (Lipinski definition) is 5. The smallest absolute Gasteiger partial charge is 0.191 e. The number of hydrogen-bond donors (Lipinski definition) is 2. The number of benzene rings is 2. The van der Waals surface area contributed by atoms with Crippen molar-refractivity contribution in [1.29, 1.82) is 0 Å². The van der Waals surface area contributed by atoms with Crippen LogP contribution in [0.4, 0.5) is 5.69 Å². The molecule has 3 rings (SSSR count). The fraction of sp³-hybridized carbons (Fsp3) is 0.458. The minimum absolute atomic E-state index is 0. The Bertz CT molecular complexity index is 877. The molecule has 0 bridgehead atoms. The summed E-state index contributed by atoms with van der Waals surface area (Å²) in [4.78, 5) is 9.02. The number of guanidine groups is 1. The predicted octanol–water partition coefficient (Wildman–Crippen LogP) is 3.37. The molecule has 0 amide bonds. The van der Waals surface area contributed by atoms with Gasteiger partial charge in [0, 0.05) is 32.7 Å². The van der Waals surface area contributed by atoms with Crippen LogP contribution in [-0.2, 0) is 0 Å². The van der Waals surface area contributed by atoms with Crippen LogP contribution in [0.2, 0.25) is 0 Å². The second-order valence-corrected chi connectivity index (χ2v) is 7.96. The maximum absolute atomic E-state index is 5.53. The van der Waals surface area contributed by atoms with Gasteiger partial charge in [0.2, 0.25) is 0 Å². The zero-order valence-electron chi connectivity index (χ0n) is 19.7. The maximum atomic E-state index is 5.53. The Morgan fingerprint density at radius 2 is 1.94 bits per heavy atom. The van der Waals surface area contributed by atoms with E-state index < -0.39 is 0 Å². The van der Waals surface area contributed by atoms with E-state index in [1.54, 1.807) is 14.2 Å². The van der Waals surface area contributed by atoms with Crippen molar-refractivity contribution in [3.8, 4) is 11.5 Å². The van der Waals surface area contributed by atoms with E-state index >= 15 is 0 Å². The molecule has 0 aromatic heterocycles. The Labute approximate surface area is 209 Å². The van der Waals surface area contributed by atoms with Crippen molar-refractivity contribution in [3.63, 3.8) is 0 Å². The van der Waals surface area contributed by atoms with E-state index in [4.69, 9.17) is 9.47 Å². The number of methoxy groups -OCH3 is 2. The highest BCUT2D eigenvalue weighted by Crippen LogP contribution is 2.30. The van der Waals surface area contributed by atoms with E-state index in [-0.39, 0.29) is 30.0 Å². The van der Waals surface area contributed by atoms with Gasteiger partial charge in [-0.2, -0.15) is 0 Å². The van der Waals surface area contributed by atoms with Gasteiger partial charge in [-0.1, -0.05) is 24.3 Å². The second-order valence-electron chi connectivity index (χ2n) is 7.96. The molecule has 32 heavy (non-hydrogen) atoms. The lowest BCUT2D eigenvalue weighted by Gasteiger charge is -2.27. The average Bonchev–Trinajstić information content (AvgIpc) is 3.26. The molecule has 0 aliphatic carbocycles. The molecule has 1 saturated heterocycles. The largest absolute Gasteiger partial charge is 0.497 e. The number of likely N-dealkylation sites (N-methyl/N-ethyl adjacent to an activating group) is 1. The summed E-state index contributed by atoms with van der Waals surface area (Å²) in [7, 11) is 9.41. The first kappa shape index (κ1) is 26.1. The Balaban J connectivity index is 0.00000363. The molecule has 176 valence electrons. The van der Waals surface area contributed by atoms with Crippen LogP contribution in [-0.4, -0.2) is 71.9 Å². The predicted molar refractivity (Wildman–Crippen MR) is 143 cm³/mol. The van der Waals surface area contributed by atoms with Gasteiger partial charge in [0.25, 0.3) is 0 Å². The van der Waals surface area contributed by atoms with Crippen molar-refractivity contribution >= 4 is 35.6 Å². The van der Waals surface area contributed by atoms with Gasteiger partial charge in [0.1, 0.15) is 11.5 Å². The van der Waals surface area contributed by atoms with Gasteiger partial charge in [-0.25, -0.2) is 0 Å². The molecule has 2 aromatic rings. The summed E-state index contributed by atoms with van der Waals surface area (Å²) in [5.41, 5.74) is 2.35. The lowest BCUT2D eigenvalue weighted by molar-refractivity contribution is 0.297. The van der Waals surface area contributed by atoms with Gasteiger partial charge in [-0.15, -0.1) is 24.0 Å². The molecule has 1 aliphatic heterocycles. The SMILES string of the molecule is CN=C(NCC(c1cccc(OC)c1)N(C)C)NC1CCN(c2ccccc2OC)C1.I. The van der Waals surface area contributed by atoms with Crippen molar-refractivity contribution in [2.24, 2.45) is 4.99 Å². The molecule has 0 saturated carbocycles. The first-order valence-electron chi connectivity index (χ1n) is 10.7. The molecule has 1 fully saturated rings. The van der Waals surface area contributed by atoms with Crippen molar-refractivity contribution in [2.75, 3.05) is 59.9 Å². The second kappa shape index (κ2) is 12.7. The van der Waals surface area contributed by atoms with Crippen molar-refractivity contribution in [3.05, 3.63) is 54.1 Å². The van der Waals surface area contributed by atoms with Crippen LogP contribution in [0, 0.1) is 0 Å². The summed E-state index contributed by atoms with van der Waals surface area (Å²) < 4.78 is 10.9. The van der Waals surface area contributed by atoms with Gasteiger partial charge < -0.3 is 29.9 Å². The Morgan fingerprint density at radius 3 is 2.62 bits per heavy atom. The van der Waals surface area contributed by atoms with E-state index in [1.807, 2.05) is 31.3 Å². The van der Waals surface area contributed by atoms with Gasteiger partial charge in [-0.3, -0.25) is 4.99 Å². The number of nitrogens with zero attached hydrogens (tertiary/aromatic N) is 3. The highest BCUT2D eigenvalue weighted by molar-refractivity contribution is 14.0. The molecule has 1 aliphatic rings. The lowest BCUT2D eigenvalue weighted by atomic mass is 10.1. The minimum atomic E-state index is 0. The number of anilines is 1. The van der Waals surface area contributed by atoms with E-state index in [1.165, 1.54) is 5.56 Å². The molecule has 2 aromatic carbocycles. The molecular weight excluding hydrogens is 517 g/mol. The quantitative estimate of drug-likeness (QED) is 0.297. The number of nitrogens with one attached hydrogen (secondary N) is 2. The molecule has 2 N–H and O–H groups in total. The van der Waals surface area contributed by atoms with Crippen LogP contribution in [0.5, 0.6) is 11.5 Å². The minimum Gasteiger partial charge on any atom is -0.497 e. The first-order valence-corrected chi connectivity index (χ1v) is 10.7. The van der Waals surface area contributed by atoms with E-state index in [0.29, 0.717) is 6.04 Å². The standard InChI is InChI=1S/C24H35N5O2.HI/c1-25-24(26-16-22(28(2)3)18-9-8-10-20(15-18)30-4)27-19-13-14-29(17-19)21-11-6-7-12-23(21)31-5;/h6-12,15,19,22H,13-14,16-17H2,1-5H3,(H2,25,26,27);1H. The maximum Gasteiger partial charge on any atom is 0.191 e. The van der Waals surface area contributed by atoms with E-state index in [2.05, 4.69) is 63.8 Å². The summed E-state index contributed by atoms with van der Waals surface area (Å²) in [5.74, 6) is 2.61. The summed E-state index contributed by atoms with van der Waals surface area (Å²) in [6, 6.07) is 16.9. The van der Waals surface area contributed by atoms with Crippen LogP contribution in [0.3, 0.4) is 0 Å². The molecular formula is C24H36IN5O2. The Kier molecular flexibility index (Phi) is 10.4. The van der Waals surface area contributed by atoms with E-state index in [0.717, 1.165) is 49.2 Å². The number of halogens is 1. The third-order valence-corrected chi connectivity index (χ3v) is 5.74. The number of para-hydroxylation sites is 2. The monoisotopic (exact) mass is 553 g/mol. The molecule has 0 radical (unpaired) electrons. The number of rotatable bonds is 8. The molecule has 8 heteroatoms. The molecule has 2 atom stereocenters. The van der Waals surface area contributed by atoms with Crippen molar-refractivity contribution < 1.29 is 9.47 Å². The molecule has 0 spiro atoms. The van der Waals surface area contributed by atoms with Crippen molar-refractivity contribution in [2.45, 2.75) is 18.5 Å². The van der Waals surface area contributed by atoms with Gasteiger partial charge in [-0.05, 0) is 50.3 Å². The van der Waals surface area contributed by atoms with Gasteiger partial charge >= 0.3 is 0 Å². The topological polar surface area (TPSA) is 61.4 Å². The molecule has 1 heterocycles. The van der Waals surface area contributed by atoms with Crippen LogP contribution in [0.15, 0.2) is 53.5 Å². The normalized spacial score (nSPS) is 17.0. The van der Waals surface area contributed by atoms with Crippen LogP contribution >= 0.6 is 24.0 Å². The molecule has 7 nitrogen and oxygen atoms in total. The van der Waals surface area contributed by atoms with Crippen LogP contribution in [0.25, 0.3) is 0 Å². The van der Waals surface area contributed by atoms with Crippen molar-refractivity contribution in [1.82, 2.24) is 15.5 Å². The summed E-state index contributed by atoms with van der Waals surface area (Å²) in [6.07, 6.45) is 1.05. The van der Waals surface area contributed by atoms with Crippen LogP contribution in [0.1, 0.15) is 18.0 Å². The third-order valence-electron chi connectivity index (χ3n) is 5.74. The fourth-order valence-corrected chi connectivity index (χ4v) is 4.02. The lowest BCUT2D eigenvalue weighted by Crippen LogP contribution is -2.46. The first-order chi connectivity index (χ1) is 15.0. The third kappa shape index (κ3) is 6.65. The van der Waals surface area contributed by atoms with Gasteiger partial charge in [0.15, 0.2) is 5.96 Å². The average molecular weight is 553 g/mol. The van der Waals surface area contributed by atoms with Crippen LogP contribution < -0.4 is 25.0 Å². The summed E-state index contributed by atoms with van der Waals surface area (Å²) in [5, 5.41) is 7.09. The zero-order valence-corrected chi connectivity index (χ0v) is 22.0. The highest BCUT2D eigenvalue weighted by Gasteiger charge is 2.25. The summed E-state index contributed by atoms with van der Waals surface area (Å²) >= 11 is 0.